The lowest BCUT2D eigenvalue weighted by molar-refractivity contribution is -0.116. The van der Waals surface area contributed by atoms with Gasteiger partial charge in [-0.15, -0.1) is 0 Å². The first-order valence-corrected chi connectivity index (χ1v) is 7.47. The van der Waals surface area contributed by atoms with E-state index >= 15 is 0 Å². The third kappa shape index (κ3) is 3.92. The summed E-state index contributed by atoms with van der Waals surface area (Å²) in [5.41, 5.74) is 0.00298. The number of nitrogens with zero attached hydrogens (tertiary/aromatic N) is 2. The molecule has 0 saturated carbocycles. The molecule has 2 aromatic rings. The van der Waals surface area contributed by atoms with E-state index in [2.05, 4.69) is 37.2 Å². The van der Waals surface area contributed by atoms with Gasteiger partial charge in [0, 0.05) is 30.0 Å². The van der Waals surface area contributed by atoms with E-state index in [-0.39, 0.29) is 23.6 Å². The van der Waals surface area contributed by atoms with Crippen LogP contribution in [0.25, 0.3) is 0 Å². The van der Waals surface area contributed by atoms with Gasteiger partial charge in [0.2, 0.25) is 5.91 Å². The molecule has 0 spiro atoms. The highest BCUT2D eigenvalue weighted by atomic mass is 79.9. The molecule has 0 aliphatic rings. The highest BCUT2D eigenvalue weighted by Crippen LogP contribution is 2.11. The predicted octanol–water partition coefficient (Wildman–Crippen LogP) is 1.71. The van der Waals surface area contributed by atoms with Gasteiger partial charge in [-0.2, -0.15) is 0 Å². The molecule has 0 bridgehead atoms. The van der Waals surface area contributed by atoms with E-state index in [1.165, 1.54) is 27.5 Å². The molecule has 0 radical (unpaired) electrons. The van der Waals surface area contributed by atoms with Crippen LogP contribution in [0.5, 0.6) is 0 Å². The second kappa shape index (κ2) is 6.40. The van der Waals surface area contributed by atoms with Crippen molar-refractivity contribution < 1.29 is 4.79 Å². The fraction of sp³-hybridized carbons (Fsp3) is 0.154. The lowest BCUT2D eigenvalue weighted by Crippen LogP contribution is -2.27. The van der Waals surface area contributed by atoms with Gasteiger partial charge in [-0.05, 0) is 44.0 Å². The number of pyridine rings is 2. The van der Waals surface area contributed by atoms with Crippen LogP contribution in [0.2, 0.25) is 0 Å². The Morgan fingerprint density at radius 3 is 2.62 bits per heavy atom. The van der Waals surface area contributed by atoms with E-state index in [0.29, 0.717) is 14.6 Å². The minimum Gasteiger partial charge on any atom is -0.323 e. The minimum absolute atomic E-state index is 0.112. The summed E-state index contributed by atoms with van der Waals surface area (Å²) in [5.74, 6) is -0.360. The second-order valence-corrected chi connectivity index (χ2v) is 6.12. The van der Waals surface area contributed by atoms with Crippen molar-refractivity contribution >= 4 is 43.5 Å². The zero-order valence-corrected chi connectivity index (χ0v) is 14.1. The standard InChI is InChI=1S/C13H11Br2N3O3/c1-17-6-9(4-10(15)13(17)21)16-11(19)7-18-5-8(14)2-3-12(18)20/h2-6H,7H2,1H3,(H,16,19). The topological polar surface area (TPSA) is 73.1 Å². The zero-order chi connectivity index (χ0) is 15.6. The number of halogens is 2. The monoisotopic (exact) mass is 415 g/mol. The Labute approximate surface area is 136 Å². The van der Waals surface area contributed by atoms with Crippen molar-refractivity contribution in [3.05, 3.63) is 60.2 Å². The number of carbonyl (C=O) groups is 1. The fourth-order valence-corrected chi connectivity index (χ4v) is 2.63. The first-order valence-electron chi connectivity index (χ1n) is 5.89. The van der Waals surface area contributed by atoms with Gasteiger partial charge < -0.3 is 14.5 Å². The molecule has 6 nitrogen and oxygen atoms in total. The quantitative estimate of drug-likeness (QED) is 0.827. The molecular weight excluding hydrogens is 406 g/mol. The number of hydrogen-bond donors (Lipinski definition) is 1. The maximum absolute atomic E-state index is 12.0. The van der Waals surface area contributed by atoms with Crippen molar-refractivity contribution in [2.45, 2.75) is 6.54 Å². The van der Waals surface area contributed by atoms with Crippen molar-refractivity contribution in [1.82, 2.24) is 9.13 Å². The third-order valence-electron chi connectivity index (χ3n) is 2.68. The summed E-state index contributed by atoms with van der Waals surface area (Å²) in [5, 5.41) is 2.64. The number of anilines is 1. The first kappa shape index (κ1) is 15.7. The highest BCUT2D eigenvalue weighted by Gasteiger charge is 2.08. The molecule has 2 heterocycles. The molecule has 0 saturated heterocycles. The average Bonchev–Trinajstić information content (AvgIpc) is 2.40. The van der Waals surface area contributed by atoms with E-state index in [9.17, 15) is 14.4 Å². The van der Waals surface area contributed by atoms with Gasteiger partial charge in [0.1, 0.15) is 6.54 Å². The lowest BCUT2D eigenvalue weighted by atomic mass is 10.4. The number of carbonyl (C=O) groups excluding carboxylic acids is 1. The van der Waals surface area contributed by atoms with E-state index in [1.807, 2.05) is 0 Å². The summed E-state index contributed by atoms with van der Waals surface area (Å²) < 4.78 is 3.70. The predicted molar refractivity (Wildman–Crippen MR) is 86.4 cm³/mol. The molecular formula is C13H11Br2N3O3. The summed E-state index contributed by atoms with van der Waals surface area (Å²) in [4.78, 5) is 35.1. The van der Waals surface area contributed by atoms with Crippen LogP contribution in [0.1, 0.15) is 0 Å². The maximum atomic E-state index is 12.0. The van der Waals surface area contributed by atoms with E-state index < -0.39 is 0 Å². The van der Waals surface area contributed by atoms with Crippen LogP contribution in [0.4, 0.5) is 5.69 Å². The smallest absolute Gasteiger partial charge is 0.264 e. The van der Waals surface area contributed by atoms with Gasteiger partial charge in [0.25, 0.3) is 11.1 Å². The minimum atomic E-state index is -0.360. The molecule has 8 heteroatoms. The van der Waals surface area contributed by atoms with Crippen LogP contribution in [0.15, 0.2) is 49.1 Å². The van der Waals surface area contributed by atoms with Crippen LogP contribution >= 0.6 is 31.9 Å². The first-order chi connectivity index (χ1) is 9.86. The number of amides is 1. The average molecular weight is 417 g/mol. The molecule has 0 aliphatic heterocycles. The molecule has 21 heavy (non-hydrogen) atoms. The zero-order valence-electron chi connectivity index (χ0n) is 11.0. The van der Waals surface area contributed by atoms with Gasteiger partial charge in [-0.3, -0.25) is 14.4 Å². The largest absolute Gasteiger partial charge is 0.323 e. The van der Waals surface area contributed by atoms with Crippen LogP contribution < -0.4 is 16.4 Å². The number of aromatic nitrogens is 2. The number of aryl methyl sites for hydroxylation is 1. The Morgan fingerprint density at radius 1 is 1.24 bits per heavy atom. The molecule has 0 atom stereocenters. The molecule has 0 aromatic carbocycles. The van der Waals surface area contributed by atoms with E-state index in [4.69, 9.17) is 0 Å². The lowest BCUT2D eigenvalue weighted by Gasteiger charge is -2.09. The Balaban J connectivity index is 2.17. The van der Waals surface area contributed by atoms with Crippen LogP contribution in [0, 0.1) is 0 Å². The second-order valence-electron chi connectivity index (χ2n) is 4.35. The number of hydrogen-bond acceptors (Lipinski definition) is 3. The van der Waals surface area contributed by atoms with Crippen LogP contribution in [-0.2, 0) is 18.4 Å². The van der Waals surface area contributed by atoms with Crippen LogP contribution in [-0.4, -0.2) is 15.0 Å². The molecule has 110 valence electrons. The molecule has 1 amide bonds. The molecule has 2 rings (SSSR count). The summed E-state index contributed by atoms with van der Waals surface area (Å²) in [6, 6.07) is 4.50. The van der Waals surface area contributed by atoms with E-state index in [0.717, 1.165) is 0 Å². The Bertz CT molecular complexity index is 785. The molecule has 0 fully saturated rings. The summed E-state index contributed by atoms with van der Waals surface area (Å²) in [6.07, 6.45) is 3.05. The summed E-state index contributed by atoms with van der Waals surface area (Å²) >= 11 is 6.37. The Kier molecular flexibility index (Phi) is 4.79. The highest BCUT2D eigenvalue weighted by molar-refractivity contribution is 9.10. The Hall–Kier alpha value is -1.67. The summed E-state index contributed by atoms with van der Waals surface area (Å²) in [6.45, 7) is -0.112. The summed E-state index contributed by atoms with van der Waals surface area (Å²) in [7, 11) is 1.58. The molecule has 0 aliphatic carbocycles. The maximum Gasteiger partial charge on any atom is 0.264 e. The third-order valence-corrected chi connectivity index (χ3v) is 3.72. The van der Waals surface area contributed by atoms with Crippen molar-refractivity contribution in [3.63, 3.8) is 0 Å². The SMILES string of the molecule is Cn1cc(NC(=O)Cn2cc(Br)ccc2=O)cc(Br)c1=O. The van der Waals surface area contributed by atoms with Crippen LogP contribution in [0.3, 0.4) is 0 Å². The van der Waals surface area contributed by atoms with Crippen molar-refractivity contribution in [2.75, 3.05) is 5.32 Å². The van der Waals surface area contributed by atoms with Gasteiger partial charge in [-0.1, -0.05) is 0 Å². The van der Waals surface area contributed by atoms with Gasteiger partial charge in [0.05, 0.1) is 10.2 Å². The number of rotatable bonds is 3. The van der Waals surface area contributed by atoms with Gasteiger partial charge in [0.15, 0.2) is 0 Å². The molecule has 1 N–H and O–H groups in total. The molecule has 2 aromatic heterocycles. The number of nitrogens with one attached hydrogen (secondary N) is 1. The van der Waals surface area contributed by atoms with Gasteiger partial charge >= 0.3 is 0 Å². The Morgan fingerprint density at radius 2 is 1.95 bits per heavy atom. The van der Waals surface area contributed by atoms with Crippen molar-refractivity contribution in [3.8, 4) is 0 Å². The van der Waals surface area contributed by atoms with Crippen molar-refractivity contribution in [1.29, 1.82) is 0 Å². The normalized spacial score (nSPS) is 10.4. The fourth-order valence-electron chi connectivity index (χ4n) is 1.72. The van der Waals surface area contributed by atoms with Crippen molar-refractivity contribution in [2.24, 2.45) is 7.05 Å². The van der Waals surface area contributed by atoms with E-state index in [1.54, 1.807) is 19.3 Å². The van der Waals surface area contributed by atoms with Gasteiger partial charge in [-0.25, -0.2) is 0 Å². The molecule has 0 unspecified atom stereocenters.